The van der Waals surface area contributed by atoms with Gasteiger partial charge in [0.1, 0.15) is 0 Å². The number of hydrogen-bond donors (Lipinski definition) is 2. The topological polar surface area (TPSA) is 61.4 Å². The van der Waals surface area contributed by atoms with E-state index in [0.29, 0.717) is 0 Å². The number of rotatable bonds is 5. The third kappa shape index (κ3) is 5.52. The molecule has 5 nitrogen and oxygen atoms in total. The summed E-state index contributed by atoms with van der Waals surface area (Å²) < 4.78 is 39.6. The number of halogens is 3. The van der Waals surface area contributed by atoms with Gasteiger partial charge in [-0.3, -0.25) is 14.5 Å². The number of nitrogens with one attached hydrogen (secondary N) is 2. The van der Waals surface area contributed by atoms with Gasteiger partial charge in [-0.15, -0.1) is 0 Å². The monoisotopic (exact) mass is 345 g/mol. The Kier molecular flexibility index (Phi) is 6.36. The van der Waals surface area contributed by atoms with E-state index >= 15 is 0 Å². The lowest BCUT2D eigenvalue weighted by Gasteiger charge is -2.26. The molecule has 24 heavy (non-hydrogen) atoms. The Morgan fingerprint density at radius 1 is 1.17 bits per heavy atom. The summed E-state index contributed by atoms with van der Waals surface area (Å²) in [5.41, 5.74) is -0.864. The van der Waals surface area contributed by atoms with Gasteiger partial charge in [-0.05, 0) is 46.9 Å². The Morgan fingerprint density at radius 3 is 2.29 bits per heavy atom. The predicted molar refractivity (Wildman–Crippen MR) is 84.9 cm³/mol. The van der Waals surface area contributed by atoms with Gasteiger partial charge in [0.05, 0.1) is 18.3 Å². The zero-order valence-electron chi connectivity index (χ0n) is 14.3. The van der Waals surface area contributed by atoms with E-state index in [2.05, 4.69) is 10.6 Å². The summed E-state index contributed by atoms with van der Waals surface area (Å²) >= 11 is 0. The molecule has 0 spiro atoms. The Morgan fingerprint density at radius 2 is 1.75 bits per heavy atom. The highest BCUT2D eigenvalue weighted by atomic mass is 19.2. The van der Waals surface area contributed by atoms with E-state index in [-0.39, 0.29) is 12.5 Å². The highest BCUT2D eigenvalue weighted by molar-refractivity contribution is 5.95. The maximum atomic E-state index is 13.6. The molecule has 2 amide bonds. The number of amides is 2. The fourth-order valence-electron chi connectivity index (χ4n) is 1.88. The number of benzene rings is 1. The number of carbonyl (C=O) groups is 2. The molecule has 0 heterocycles. The van der Waals surface area contributed by atoms with Crippen LogP contribution in [0.15, 0.2) is 12.1 Å². The number of likely N-dealkylation sites (N-methyl/N-ethyl adjacent to an activating group) is 1. The molecule has 1 aromatic rings. The van der Waals surface area contributed by atoms with Crippen LogP contribution in [-0.2, 0) is 9.59 Å². The Hall–Kier alpha value is -2.09. The first-order chi connectivity index (χ1) is 10.9. The van der Waals surface area contributed by atoms with Gasteiger partial charge in [0.25, 0.3) is 0 Å². The van der Waals surface area contributed by atoms with Gasteiger partial charge in [0.15, 0.2) is 17.5 Å². The normalized spacial score (nSPS) is 12.9. The minimum atomic E-state index is -1.65. The van der Waals surface area contributed by atoms with Crippen molar-refractivity contribution < 1.29 is 22.8 Å². The van der Waals surface area contributed by atoms with Crippen molar-refractivity contribution in [2.45, 2.75) is 39.3 Å². The number of anilines is 1. The highest BCUT2D eigenvalue weighted by Crippen LogP contribution is 2.20. The quantitative estimate of drug-likeness (QED) is 0.805. The van der Waals surface area contributed by atoms with E-state index in [9.17, 15) is 22.8 Å². The molecule has 0 saturated carbocycles. The fourth-order valence-corrected chi connectivity index (χ4v) is 1.88. The molecular formula is C16H22F3N3O2. The van der Waals surface area contributed by atoms with Crippen LogP contribution in [0.1, 0.15) is 27.7 Å². The average molecular weight is 345 g/mol. The Labute approximate surface area is 139 Å². The molecule has 1 atom stereocenters. The summed E-state index contributed by atoms with van der Waals surface area (Å²) in [4.78, 5) is 25.4. The maximum Gasteiger partial charge on any atom is 0.241 e. The van der Waals surface area contributed by atoms with Crippen LogP contribution in [0, 0.1) is 17.5 Å². The molecule has 0 aliphatic carbocycles. The molecule has 0 aliphatic heterocycles. The van der Waals surface area contributed by atoms with Gasteiger partial charge in [0, 0.05) is 5.54 Å². The maximum absolute atomic E-state index is 13.6. The van der Waals surface area contributed by atoms with E-state index in [4.69, 9.17) is 0 Å². The highest BCUT2D eigenvalue weighted by Gasteiger charge is 2.23. The van der Waals surface area contributed by atoms with Crippen molar-refractivity contribution in [1.82, 2.24) is 10.2 Å². The minimum absolute atomic E-state index is 0.0495. The molecule has 0 unspecified atom stereocenters. The number of hydrogen-bond acceptors (Lipinski definition) is 3. The van der Waals surface area contributed by atoms with Gasteiger partial charge in [-0.2, -0.15) is 0 Å². The second kappa shape index (κ2) is 7.65. The lowest BCUT2D eigenvalue weighted by atomic mass is 10.1. The van der Waals surface area contributed by atoms with E-state index < -0.39 is 40.6 Å². The first kappa shape index (κ1) is 20.0. The molecule has 0 bridgehead atoms. The van der Waals surface area contributed by atoms with Crippen molar-refractivity contribution >= 4 is 17.5 Å². The van der Waals surface area contributed by atoms with Gasteiger partial charge in [-0.1, -0.05) is 0 Å². The van der Waals surface area contributed by atoms with Crippen LogP contribution in [0.2, 0.25) is 0 Å². The molecule has 8 heteroatoms. The van der Waals surface area contributed by atoms with Crippen LogP contribution >= 0.6 is 0 Å². The SMILES string of the molecule is C[C@H](C(=O)Nc1ccc(F)c(F)c1F)N(C)CC(=O)NC(C)(C)C. The van der Waals surface area contributed by atoms with Crippen LogP contribution < -0.4 is 10.6 Å². The van der Waals surface area contributed by atoms with Crippen molar-refractivity contribution in [2.24, 2.45) is 0 Å². The molecule has 1 rings (SSSR count). The van der Waals surface area contributed by atoms with Crippen molar-refractivity contribution in [3.63, 3.8) is 0 Å². The fraction of sp³-hybridized carbons (Fsp3) is 0.500. The summed E-state index contributed by atoms with van der Waals surface area (Å²) in [6, 6.07) is 0.868. The van der Waals surface area contributed by atoms with Gasteiger partial charge >= 0.3 is 0 Å². The zero-order chi connectivity index (χ0) is 18.7. The molecule has 0 radical (unpaired) electrons. The van der Waals surface area contributed by atoms with Gasteiger partial charge in [-0.25, -0.2) is 13.2 Å². The summed E-state index contributed by atoms with van der Waals surface area (Å²) in [6.07, 6.45) is 0. The van der Waals surface area contributed by atoms with Crippen molar-refractivity contribution in [2.75, 3.05) is 18.9 Å². The van der Waals surface area contributed by atoms with Crippen molar-refractivity contribution in [3.8, 4) is 0 Å². The molecule has 0 fully saturated rings. The lowest BCUT2D eigenvalue weighted by Crippen LogP contribution is -2.49. The van der Waals surface area contributed by atoms with Crippen LogP contribution in [0.25, 0.3) is 0 Å². The molecule has 0 aliphatic rings. The summed E-state index contributed by atoms with van der Waals surface area (Å²) in [7, 11) is 1.55. The standard InChI is InChI=1S/C16H22F3N3O2/c1-9(22(5)8-12(23)21-16(2,3)4)15(24)20-11-7-6-10(17)13(18)14(11)19/h6-7,9H,8H2,1-5H3,(H,20,24)(H,21,23)/t9-/m1/s1. The minimum Gasteiger partial charge on any atom is -0.350 e. The molecular weight excluding hydrogens is 323 g/mol. The van der Waals surface area contributed by atoms with Crippen molar-refractivity contribution in [3.05, 3.63) is 29.6 Å². The number of nitrogens with zero attached hydrogens (tertiary/aromatic N) is 1. The van der Waals surface area contributed by atoms with Crippen LogP contribution in [-0.4, -0.2) is 41.9 Å². The van der Waals surface area contributed by atoms with E-state index in [1.54, 1.807) is 7.05 Å². The molecule has 134 valence electrons. The number of carbonyl (C=O) groups excluding carboxylic acids is 2. The van der Waals surface area contributed by atoms with Crippen LogP contribution in [0.4, 0.5) is 18.9 Å². The van der Waals surface area contributed by atoms with Crippen LogP contribution in [0.5, 0.6) is 0 Å². The predicted octanol–water partition coefficient (Wildman–Crippen LogP) is 2.28. The van der Waals surface area contributed by atoms with Gasteiger partial charge < -0.3 is 10.6 Å². The third-order valence-electron chi connectivity index (χ3n) is 3.24. The largest absolute Gasteiger partial charge is 0.350 e. The second-order valence-corrected chi connectivity index (χ2v) is 6.60. The molecule has 1 aromatic carbocycles. The second-order valence-electron chi connectivity index (χ2n) is 6.60. The Bertz CT molecular complexity index is 630. The molecule has 0 saturated heterocycles. The smallest absolute Gasteiger partial charge is 0.241 e. The third-order valence-corrected chi connectivity index (χ3v) is 3.24. The summed E-state index contributed by atoms with van der Waals surface area (Å²) in [5.74, 6) is -5.38. The zero-order valence-corrected chi connectivity index (χ0v) is 14.3. The van der Waals surface area contributed by atoms with E-state index in [1.165, 1.54) is 11.8 Å². The first-order valence-electron chi connectivity index (χ1n) is 7.38. The van der Waals surface area contributed by atoms with Crippen molar-refractivity contribution in [1.29, 1.82) is 0 Å². The summed E-state index contributed by atoms with van der Waals surface area (Å²) in [5, 5.41) is 4.94. The lowest BCUT2D eigenvalue weighted by molar-refractivity contribution is -0.125. The average Bonchev–Trinajstić information content (AvgIpc) is 2.44. The van der Waals surface area contributed by atoms with Crippen LogP contribution in [0.3, 0.4) is 0 Å². The van der Waals surface area contributed by atoms with Gasteiger partial charge in [0.2, 0.25) is 11.8 Å². The first-order valence-corrected chi connectivity index (χ1v) is 7.38. The summed E-state index contributed by atoms with van der Waals surface area (Å²) in [6.45, 7) is 6.94. The molecule has 0 aromatic heterocycles. The Balaban J connectivity index is 2.71. The molecule has 2 N–H and O–H groups in total. The van der Waals surface area contributed by atoms with E-state index in [1.807, 2.05) is 20.8 Å². The van der Waals surface area contributed by atoms with E-state index in [0.717, 1.165) is 12.1 Å².